The van der Waals surface area contributed by atoms with Gasteiger partial charge in [0, 0.05) is 29.7 Å². The van der Waals surface area contributed by atoms with E-state index in [-0.39, 0.29) is 11.8 Å². The van der Waals surface area contributed by atoms with E-state index in [0.29, 0.717) is 34.1 Å². The fourth-order valence-corrected chi connectivity index (χ4v) is 2.66. The molecule has 0 heterocycles. The lowest BCUT2D eigenvalue weighted by molar-refractivity contribution is 0.0793. The number of hydrogen-bond donors (Lipinski definition) is 1. The summed E-state index contributed by atoms with van der Waals surface area (Å²) in [6, 6.07) is 11.6. The van der Waals surface area contributed by atoms with Crippen LogP contribution in [0.25, 0.3) is 0 Å². The fraction of sp³-hybridized carbons (Fsp3) is 0.300. The molecule has 0 spiro atoms. The van der Waals surface area contributed by atoms with E-state index in [1.165, 1.54) is 7.11 Å². The van der Waals surface area contributed by atoms with Crippen molar-refractivity contribution in [3.05, 3.63) is 58.6 Å². The van der Waals surface area contributed by atoms with Crippen LogP contribution >= 0.6 is 11.6 Å². The molecule has 0 fully saturated rings. The molecule has 0 aromatic heterocycles. The summed E-state index contributed by atoms with van der Waals surface area (Å²) < 4.78 is 5.23. The number of ether oxygens (including phenoxy) is 1. The van der Waals surface area contributed by atoms with Gasteiger partial charge in [0.25, 0.3) is 11.8 Å². The average Bonchev–Trinajstić information content (AvgIpc) is 2.65. The van der Waals surface area contributed by atoms with Crippen LogP contribution in [0.1, 0.15) is 40.5 Å². The minimum atomic E-state index is -0.337. The second kappa shape index (κ2) is 9.25. The largest absolute Gasteiger partial charge is 0.495 e. The molecule has 138 valence electrons. The Morgan fingerprint density at radius 3 is 2.58 bits per heavy atom. The van der Waals surface area contributed by atoms with E-state index in [0.717, 1.165) is 12.8 Å². The van der Waals surface area contributed by atoms with Gasteiger partial charge in [0.2, 0.25) is 0 Å². The summed E-state index contributed by atoms with van der Waals surface area (Å²) in [6.07, 6.45) is 1.96. The van der Waals surface area contributed by atoms with Crippen LogP contribution in [0.2, 0.25) is 5.02 Å². The zero-order valence-corrected chi connectivity index (χ0v) is 16.0. The number of methoxy groups -OCH3 is 1. The molecule has 2 rings (SSSR count). The van der Waals surface area contributed by atoms with Crippen LogP contribution in [0.3, 0.4) is 0 Å². The molecule has 2 aromatic carbocycles. The highest BCUT2D eigenvalue weighted by Crippen LogP contribution is 2.28. The quantitative estimate of drug-likeness (QED) is 0.777. The summed E-state index contributed by atoms with van der Waals surface area (Å²) in [5.41, 5.74) is 1.35. The summed E-state index contributed by atoms with van der Waals surface area (Å²) in [4.78, 5) is 26.7. The minimum absolute atomic E-state index is 0.103. The lowest BCUT2D eigenvalue weighted by Crippen LogP contribution is -2.28. The molecule has 0 saturated carbocycles. The summed E-state index contributed by atoms with van der Waals surface area (Å²) in [7, 11) is 3.28. The summed E-state index contributed by atoms with van der Waals surface area (Å²) in [5.74, 6) is 0.0687. The Hall–Kier alpha value is -2.53. The van der Waals surface area contributed by atoms with Gasteiger partial charge in [-0.05, 0) is 42.8 Å². The highest BCUT2D eigenvalue weighted by Gasteiger charge is 2.15. The van der Waals surface area contributed by atoms with Crippen molar-refractivity contribution in [2.45, 2.75) is 19.8 Å². The lowest BCUT2D eigenvalue weighted by atomic mass is 10.1. The van der Waals surface area contributed by atoms with Gasteiger partial charge in [-0.2, -0.15) is 0 Å². The first-order chi connectivity index (χ1) is 12.5. The highest BCUT2D eigenvalue weighted by molar-refractivity contribution is 6.31. The Bertz CT molecular complexity index is 792. The molecule has 0 radical (unpaired) electrons. The van der Waals surface area contributed by atoms with E-state index in [1.54, 1.807) is 54.4 Å². The molecule has 2 aromatic rings. The van der Waals surface area contributed by atoms with Crippen LogP contribution < -0.4 is 10.1 Å². The van der Waals surface area contributed by atoms with Crippen molar-refractivity contribution in [1.29, 1.82) is 0 Å². The van der Waals surface area contributed by atoms with E-state index in [1.807, 2.05) is 0 Å². The number of amides is 2. The Labute approximate surface area is 158 Å². The fourth-order valence-electron chi connectivity index (χ4n) is 2.48. The smallest absolute Gasteiger partial charge is 0.255 e. The molecule has 0 aliphatic rings. The second-order valence-corrected chi connectivity index (χ2v) is 6.40. The summed E-state index contributed by atoms with van der Waals surface area (Å²) in [6.45, 7) is 2.76. The molecule has 26 heavy (non-hydrogen) atoms. The van der Waals surface area contributed by atoms with E-state index in [4.69, 9.17) is 16.3 Å². The van der Waals surface area contributed by atoms with Crippen LogP contribution in [-0.2, 0) is 0 Å². The number of anilines is 1. The number of nitrogens with zero attached hydrogens (tertiary/aromatic N) is 1. The van der Waals surface area contributed by atoms with Crippen LogP contribution in [0, 0.1) is 0 Å². The van der Waals surface area contributed by atoms with E-state index in [9.17, 15) is 9.59 Å². The van der Waals surface area contributed by atoms with Crippen molar-refractivity contribution >= 4 is 29.1 Å². The third-order valence-corrected chi connectivity index (χ3v) is 4.21. The van der Waals surface area contributed by atoms with Gasteiger partial charge >= 0.3 is 0 Å². The first kappa shape index (κ1) is 19.8. The molecule has 0 aliphatic carbocycles. The number of hydrogen-bond acceptors (Lipinski definition) is 3. The number of carbonyl (C=O) groups excluding carboxylic acids is 2. The topological polar surface area (TPSA) is 58.6 Å². The molecule has 0 aliphatic heterocycles. The Morgan fingerprint density at radius 2 is 1.88 bits per heavy atom. The zero-order valence-electron chi connectivity index (χ0n) is 15.2. The van der Waals surface area contributed by atoms with Crippen LogP contribution in [-0.4, -0.2) is 37.4 Å². The van der Waals surface area contributed by atoms with Crippen LogP contribution in [0.5, 0.6) is 5.75 Å². The van der Waals surface area contributed by atoms with Crippen molar-refractivity contribution in [2.75, 3.05) is 26.0 Å². The highest BCUT2D eigenvalue weighted by atomic mass is 35.5. The standard InChI is InChI=1S/C20H23ClN2O3/c1-4-5-11-23(2)20(25)15-8-6-7-14(12-15)19(24)22-17-13-16(21)9-10-18(17)26-3/h6-10,12-13H,4-5,11H2,1-3H3,(H,22,24). The molecule has 2 amide bonds. The number of carbonyl (C=O) groups is 2. The van der Waals surface area contributed by atoms with Gasteiger partial charge in [-0.25, -0.2) is 0 Å². The maximum Gasteiger partial charge on any atom is 0.255 e. The number of rotatable bonds is 7. The molecule has 1 N–H and O–H groups in total. The molecule has 5 nitrogen and oxygen atoms in total. The van der Waals surface area contributed by atoms with Gasteiger partial charge in [-0.1, -0.05) is 31.0 Å². The molecule has 0 atom stereocenters. The molecule has 0 saturated heterocycles. The summed E-state index contributed by atoms with van der Waals surface area (Å²) >= 11 is 5.99. The zero-order chi connectivity index (χ0) is 19.1. The molecular weight excluding hydrogens is 352 g/mol. The van der Waals surface area contributed by atoms with Gasteiger partial charge in [0.05, 0.1) is 12.8 Å². The normalized spacial score (nSPS) is 10.3. The van der Waals surface area contributed by atoms with Crippen molar-refractivity contribution in [3.63, 3.8) is 0 Å². The van der Waals surface area contributed by atoms with Gasteiger partial charge < -0.3 is 15.0 Å². The predicted octanol–water partition coefficient (Wildman–Crippen LogP) is 4.47. The monoisotopic (exact) mass is 374 g/mol. The second-order valence-electron chi connectivity index (χ2n) is 5.96. The number of benzene rings is 2. The van der Waals surface area contributed by atoms with Crippen molar-refractivity contribution in [3.8, 4) is 5.75 Å². The molecular formula is C20H23ClN2O3. The summed E-state index contributed by atoms with van der Waals surface area (Å²) in [5, 5.41) is 3.26. The number of unbranched alkanes of at least 4 members (excludes halogenated alkanes) is 1. The van der Waals surface area contributed by atoms with Crippen LogP contribution in [0.4, 0.5) is 5.69 Å². The maximum absolute atomic E-state index is 12.6. The number of nitrogens with one attached hydrogen (secondary N) is 1. The minimum Gasteiger partial charge on any atom is -0.495 e. The SMILES string of the molecule is CCCCN(C)C(=O)c1cccc(C(=O)Nc2cc(Cl)ccc2OC)c1. The molecule has 0 bridgehead atoms. The third-order valence-electron chi connectivity index (χ3n) is 3.98. The molecule has 6 heteroatoms. The van der Waals surface area contributed by atoms with Gasteiger partial charge in [-0.3, -0.25) is 9.59 Å². The lowest BCUT2D eigenvalue weighted by Gasteiger charge is -2.17. The van der Waals surface area contributed by atoms with Gasteiger partial charge in [-0.15, -0.1) is 0 Å². The maximum atomic E-state index is 12.6. The van der Waals surface area contributed by atoms with E-state index >= 15 is 0 Å². The Balaban J connectivity index is 2.18. The van der Waals surface area contributed by atoms with Crippen molar-refractivity contribution in [1.82, 2.24) is 4.90 Å². The first-order valence-corrected chi connectivity index (χ1v) is 8.84. The Morgan fingerprint density at radius 1 is 1.15 bits per heavy atom. The van der Waals surface area contributed by atoms with Crippen molar-refractivity contribution < 1.29 is 14.3 Å². The predicted molar refractivity (Wildman–Crippen MR) is 104 cm³/mol. The van der Waals surface area contributed by atoms with Gasteiger partial charge in [0.15, 0.2) is 0 Å². The Kier molecular flexibility index (Phi) is 7.04. The van der Waals surface area contributed by atoms with Gasteiger partial charge in [0.1, 0.15) is 5.75 Å². The van der Waals surface area contributed by atoms with E-state index < -0.39 is 0 Å². The number of halogens is 1. The molecule has 0 unspecified atom stereocenters. The van der Waals surface area contributed by atoms with Crippen LogP contribution in [0.15, 0.2) is 42.5 Å². The van der Waals surface area contributed by atoms with E-state index in [2.05, 4.69) is 12.2 Å². The first-order valence-electron chi connectivity index (χ1n) is 8.46. The van der Waals surface area contributed by atoms with Crippen molar-refractivity contribution in [2.24, 2.45) is 0 Å². The average molecular weight is 375 g/mol. The third kappa shape index (κ3) is 4.99.